The van der Waals surface area contributed by atoms with Gasteiger partial charge in [0.1, 0.15) is 16.9 Å². The van der Waals surface area contributed by atoms with Crippen molar-refractivity contribution in [3.63, 3.8) is 0 Å². The molecule has 0 fully saturated rings. The highest BCUT2D eigenvalue weighted by atomic mass is 32.2. The summed E-state index contributed by atoms with van der Waals surface area (Å²) in [6.07, 6.45) is 3.38. The molecule has 184 valence electrons. The third-order valence-corrected chi connectivity index (χ3v) is 7.78. The molecule has 3 aromatic rings. The van der Waals surface area contributed by atoms with E-state index in [2.05, 4.69) is 33.2 Å². The van der Waals surface area contributed by atoms with Crippen molar-refractivity contribution in [3.8, 4) is 6.07 Å². The van der Waals surface area contributed by atoms with Crippen molar-refractivity contribution in [2.45, 2.75) is 61.6 Å². The van der Waals surface area contributed by atoms with Gasteiger partial charge in [-0.15, -0.1) is 0 Å². The van der Waals surface area contributed by atoms with Crippen LogP contribution in [0.15, 0.2) is 56.9 Å². The smallest absolute Gasteiger partial charge is 0.263 e. The Hall–Kier alpha value is -3.36. The second-order valence-corrected chi connectivity index (χ2v) is 10.7. The lowest BCUT2D eigenvalue weighted by Gasteiger charge is -2.16. The average Bonchev–Trinajstić information content (AvgIpc) is 3.25. The molecule has 1 amide bonds. The van der Waals surface area contributed by atoms with Gasteiger partial charge >= 0.3 is 0 Å². The first kappa shape index (κ1) is 26.2. The van der Waals surface area contributed by atoms with Gasteiger partial charge in [-0.3, -0.25) is 9.52 Å². The molecule has 0 bridgehead atoms. The number of benzene rings is 1. The monoisotopic (exact) mass is 513 g/mol. The van der Waals surface area contributed by atoms with Crippen LogP contribution in [0.25, 0.3) is 0 Å². The number of unbranched alkanes of at least 4 members (excludes halogenated alkanes) is 1. The molecule has 1 unspecified atom stereocenters. The number of pyridine rings is 1. The molecule has 2 aromatic heterocycles. The normalized spacial score (nSPS) is 12.1. The highest BCUT2D eigenvalue weighted by Crippen LogP contribution is 2.28. The zero-order valence-electron chi connectivity index (χ0n) is 19.7. The van der Waals surface area contributed by atoms with Crippen LogP contribution in [0.4, 0.5) is 11.5 Å². The Morgan fingerprint density at radius 1 is 1.20 bits per heavy atom. The van der Waals surface area contributed by atoms with E-state index in [-0.39, 0.29) is 16.6 Å². The molecular weight excluding hydrogens is 486 g/mol. The van der Waals surface area contributed by atoms with Gasteiger partial charge < -0.3 is 9.84 Å². The summed E-state index contributed by atoms with van der Waals surface area (Å²) < 4.78 is 32.3. The molecule has 0 aliphatic heterocycles. The van der Waals surface area contributed by atoms with Crippen molar-refractivity contribution in [2.75, 3.05) is 10.0 Å². The second-order valence-electron chi connectivity index (χ2n) is 7.83. The highest BCUT2D eigenvalue weighted by molar-refractivity contribution is 8.00. The number of nitriles is 1. The van der Waals surface area contributed by atoms with Gasteiger partial charge in [0.15, 0.2) is 5.82 Å². The second kappa shape index (κ2) is 11.9. The molecule has 0 radical (unpaired) electrons. The lowest BCUT2D eigenvalue weighted by Crippen LogP contribution is -2.25. The summed E-state index contributed by atoms with van der Waals surface area (Å²) in [5.74, 6) is 0.314. The number of hydrogen-bond acceptors (Lipinski definition) is 8. The Morgan fingerprint density at radius 2 is 1.94 bits per heavy atom. The standard InChI is InChI=1S/C24H27N5O4S2/c1-4-6-7-18-9-8-17(15-25)24(27-18)34-21(5-2)23(30)26-19-10-12-20(13-11-19)35(31,32)29-22-14-16(3)33-28-22/h8-14,21H,4-7H2,1-3H3,(H,26,30)(H,28,29). The Morgan fingerprint density at radius 3 is 2.54 bits per heavy atom. The van der Waals surface area contributed by atoms with E-state index in [1.807, 2.05) is 13.0 Å². The lowest BCUT2D eigenvalue weighted by atomic mass is 10.2. The Labute approximate surface area is 209 Å². The van der Waals surface area contributed by atoms with E-state index in [4.69, 9.17) is 4.52 Å². The van der Waals surface area contributed by atoms with Gasteiger partial charge in [-0.25, -0.2) is 13.4 Å². The van der Waals surface area contributed by atoms with Crippen LogP contribution < -0.4 is 10.0 Å². The number of thioether (sulfide) groups is 1. The molecule has 1 aromatic carbocycles. The maximum Gasteiger partial charge on any atom is 0.263 e. The Balaban J connectivity index is 1.69. The topological polar surface area (TPSA) is 138 Å². The van der Waals surface area contributed by atoms with Crippen molar-refractivity contribution < 1.29 is 17.7 Å². The lowest BCUT2D eigenvalue weighted by molar-refractivity contribution is -0.115. The maximum atomic E-state index is 12.9. The van der Waals surface area contributed by atoms with Crippen LogP contribution in [0, 0.1) is 18.3 Å². The largest absolute Gasteiger partial charge is 0.360 e. The van der Waals surface area contributed by atoms with Gasteiger partial charge in [0.05, 0.1) is 15.7 Å². The third kappa shape index (κ3) is 7.07. The molecule has 0 spiro atoms. The van der Waals surface area contributed by atoms with Crippen molar-refractivity contribution in [1.29, 1.82) is 5.26 Å². The Kier molecular flexibility index (Phi) is 8.89. The number of sulfonamides is 1. The van der Waals surface area contributed by atoms with Crippen molar-refractivity contribution >= 4 is 39.2 Å². The summed E-state index contributed by atoms with van der Waals surface area (Å²) in [6, 6.07) is 13.0. The fourth-order valence-corrected chi connectivity index (χ4v) is 5.16. The van der Waals surface area contributed by atoms with Gasteiger partial charge in [-0.1, -0.05) is 37.2 Å². The highest BCUT2D eigenvalue weighted by Gasteiger charge is 2.22. The fourth-order valence-electron chi connectivity index (χ4n) is 3.16. The predicted molar refractivity (Wildman–Crippen MR) is 135 cm³/mol. The molecule has 9 nitrogen and oxygen atoms in total. The molecule has 11 heteroatoms. The summed E-state index contributed by atoms with van der Waals surface area (Å²) in [5.41, 5.74) is 1.79. The number of aromatic nitrogens is 2. The number of aryl methyl sites for hydroxylation is 2. The number of nitrogens with zero attached hydrogens (tertiary/aromatic N) is 3. The molecule has 1 atom stereocenters. The molecule has 2 heterocycles. The van der Waals surface area contributed by atoms with Gasteiger partial charge in [0.25, 0.3) is 10.0 Å². The van der Waals surface area contributed by atoms with E-state index >= 15 is 0 Å². The van der Waals surface area contributed by atoms with E-state index in [9.17, 15) is 18.5 Å². The van der Waals surface area contributed by atoms with E-state index < -0.39 is 15.3 Å². The molecule has 2 N–H and O–H groups in total. The zero-order chi connectivity index (χ0) is 25.4. The molecule has 0 saturated heterocycles. The van der Waals surface area contributed by atoms with E-state index in [0.29, 0.717) is 28.5 Å². The van der Waals surface area contributed by atoms with Crippen LogP contribution in [0.5, 0.6) is 0 Å². The summed E-state index contributed by atoms with van der Waals surface area (Å²) in [4.78, 5) is 17.6. The first-order valence-corrected chi connectivity index (χ1v) is 13.6. The minimum Gasteiger partial charge on any atom is -0.360 e. The van der Waals surface area contributed by atoms with Crippen molar-refractivity contribution in [1.82, 2.24) is 10.1 Å². The molecular formula is C24H27N5O4S2. The molecule has 35 heavy (non-hydrogen) atoms. The predicted octanol–water partition coefficient (Wildman–Crippen LogP) is 4.90. The summed E-state index contributed by atoms with van der Waals surface area (Å²) in [5, 5.41) is 16.0. The molecule has 0 saturated carbocycles. The number of rotatable bonds is 11. The van der Waals surface area contributed by atoms with Gasteiger partial charge in [0, 0.05) is 17.4 Å². The molecule has 3 rings (SSSR count). The van der Waals surface area contributed by atoms with Crippen LogP contribution in [0.1, 0.15) is 50.1 Å². The summed E-state index contributed by atoms with van der Waals surface area (Å²) in [7, 11) is -3.85. The number of amides is 1. The number of hydrogen-bond donors (Lipinski definition) is 2. The van der Waals surface area contributed by atoms with Gasteiger partial charge in [0.2, 0.25) is 5.91 Å². The number of carbonyl (C=O) groups excluding carboxylic acids is 1. The van der Waals surface area contributed by atoms with Crippen molar-refractivity contribution in [2.24, 2.45) is 0 Å². The first-order valence-electron chi connectivity index (χ1n) is 11.2. The van der Waals surface area contributed by atoms with Crippen LogP contribution in [-0.4, -0.2) is 29.7 Å². The number of nitrogens with one attached hydrogen (secondary N) is 2. The van der Waals surface area contributed by atoms with E-state index in [1.54, 1.807) is 13.0 Å². The van der Waals surface area contributed by atoms with Crippen LogP contribution in [-0.2, 0) is 21.2 Å². The Bertz CT molecular complexity index is 1310. The number of carbonyl (C=O) groups is 1. The van der Waals surface area contributed by atoms with E-state index in [1.165, 1.54) is 42.1 Å². The quantitative estimate of drug-likeness (QED) is 0.345. The summed E-state index contributed by atoms with van der Waals surface area (Å²) >= 11 is 1.26. The van der Waals surface area contributed by atoms with E-state index in [0.717, 1.165) is 25.0 Å². The first-order chi connectivity index (χ1) is 16.7. The summed E-state index contributed by atoms with van der Waals surface area (Å²) in [6.45, 7) is 5.65. The van der Waals surface area contributed by atoms with Gasteiger partial charge in [-0.05, 0) is 62.6 Å². The molecule has 0 aliphatic carbocycles. The van der Waals surface area contributed by atoms with Crippen LogP contribution >= 0.6 is 11.8 Å². The van der Waals surface area contributed by atoms with Crippen molar-refractivity contribution in [3.05, 3.63) is 59.5 Å². The molecule has 0 aliphatic rings. The average molecular weight is 514 g/mol. The minimum absolute atomic E-state index is 0.0179. The maximum absolute atomic E-state index is 12.9. The number of anilines is 2. The third-order valence-electron chi connectivity index (χ3n) is 5.04. The van der Waals surface area contributed by atoms with Gasteiger partial charge in [-0.2, -0.15) is 5.26 Å². The fraction of sp³-hybridized carbons (Fsp3) is 0.333. The SMILES string of the molecule is CCCCc1ccc(C#N)c(SC(CC)C(=O)Nc2ccc(S(=O)(=O)Nc3cc(C)on3)cc2)n1. The van der Waals surface area contributed by atoms with Crippen LogP contribution in [0.2, 0.25) is 0 Å². The minimum atomic E-state index is -3.85. The zero-order valence-corrected chi connectivity index (χ0v) is 21.4. The van der Waals surface area contributed by atoms with Crippen LogP contribution in [0.3, 0.4) is 0 Å².